The second-order valence-corrected chi connectivity index (χ2v) is 4.78. The van der Waals surface area contributed by atoms with Crippen LogP contribution < -0.4 is 10.1 Å². The Hall–Kier alpha value is -0.870. The van der Waals surface area contributed by atoms with E-state index in [2.05, 4.69) is 15.5 Å². The summed E-state index contributed by atoms with van der Waals surface area (Å²) < 4.78 is 5.50. The molecular formula is C12H18ClN3O. The molecule has 1 aromatic heterocycles. The van der Waals surface area contributed by atoms with E-state index in [-0.39, 0.29) is 0 Å². The maximum Gasteiger partial charge on any atom is 0.233 e. The van der Waals surface area contributed by atoms with Crippen molar-refractivity contribution in [2.45, 2.75) is 25.7 Å². The molecule has 0 amide bonds. The lowest BCUT2D eigenvalue weighted by Crippen LogP contribution is -2.29. The smallest absolute Gasteiger partial charge is 0.233 e. The second-order valence-electron chi connectivity index (χ2n) is 4.40. The standard InChI is InChI=1S/C12H18ClN3O/c13-11-5-6-12(16-15-11)17-8-2-4-10-3-1-7-14-9-10/h5-6,10,14H,1-4,7-9H2. The summed E-state index contributed by atoms with van der Waals surface area (Å²) in [5, 5.41) is 11.4. The van der Waals surface area contributed by atoms with Gasteiger partial charge in [0.05, 0.1) is 6.61 Å². The van der Waals surface area contributed by atoms with Crippen LogP contribution in [0.15, 0.2) is 12.1 Å². The lowest BCUT2D eigenvalue weighted by Gasteiger charge is -2.22. The molecule has 0 aliphatic carbocycles. The molecule has 1 fully saturated rings. The summed E-state index contributed by atoms with van der Waals surface area (Å²) in [5.74, 6) is 1.36. The topological polar surface area (TPSA) is 47.0 Å². The predicted octanol–water partition coefficient (Wildman–Crippen LogP) is 2.29. The zero-order valence-electron chi connectivity index (χ0n) is 9.86. The molecule has 2 rings (SSSR count). The molecule has 0 bridgehead atoms. The largest absolute Gasteiger partial charge is 0.477 e. The van der Waals surface area contributed by atoms with E-state index in [0.29, 0.717) is 17.6 Å². The number of hydrogen-bond acceptors (Lipinski definition) is 4. The van der Waals surface area contributed by atoms with Crippen molar-refractivity contribution in [1.29, 1.82) is 0 Å². The molecule has 4 nitrogen and oxygen atoms in total. The SMILES string of the molecule is Clc1ccc(OCCCC2CCCNC2)nn1. The van der Waals surface area contributed by atoms with E-state index in [0.717, 1.165) is 18.9 Å². The fraction of sp³-hybridized carbons (Fsp3) is 0.667. The second kappa shape index (κ2) is 6.77. The fourth-order valence-electron chi connectivity index (χ4n) is 2.10. The van der Waals surface area contributed by atoms with E-state index >= 15 is 0 Å². The summed E-state index contributed by atoms with van der Waals surface area (Å²) in [6.07, 6.45) is 4.92. The van der Waals surface area contributed by atoms with E-state index in [9.17, 15) is 0 Å². The highest BCUT2D eigenvalue weighted by Gasteiger charge is 2.12. The molecule has 2 heterocycles. The number of piperidine rings is 1. The minimum atomic E-state index is 0.394. The van der Waals surface area contributed by atoms with Gasteiger partial charge in [-0.05, 0) is 50.8 Å². The number of rotatable bonds is 5. The third-order valence-electron chi connectivity index (χ3n) is 3.01. The summed E-state index contributed by atoms with van der Waals surface area (Å²) in [6.45, 7) is 3.03. The molecule has 5 heteroatoms. The van der Waals surface area contributed by atoms with E-state index < -0.39 is 0 Å². The molecule has 1 unspecified atom stereocenters. The van der Waals surface area contributed by atoms with E-state index in [1.54, 1.807) is 12.1 Å². The third-order valence-corrected chi connectivity index (χ3v) is 3.21. The number of aromatic nitrogens is 2. The lowest BCUT2D eigenvalue weighted by molar-refractivity contribution is 0.266. The van der Waals surface area contributed by atoms with Crippen LogP contribution in [0.1, 0.15) is 25.7 Å². The van der Waals surface area contributed by atoms with Crippen LogP contribution in [0.3, 0.4) is 0 Å². The molecule has 0 spiro atoms. The Morgan fingerprint density at radius 3 is 3.06 bits per heavy atom. The highest BCUT2D eigenvalue weighted by molar-refractivity contribution is 6.29. The van der Waals surface area contributed by atoms with Gasteiger partial charge in [-0.2, -0.15) is 0 Å². The predicted molar refractivity (Wildman–Crippen MR) is 67.4 cm³/mol. The number of hydrogen-bond donors (Lipinski definition) is 1. The van der Waals surface area contributed by atoms with Crippen molar-refractivity contribution in [3.63, 3.8) is 0 Å². The highest BCUT2D eigenvalue weighted by Crippen LogP contribution is 2.16. The minimum Gasteiger partial charge on any atom is -0.477 e. The average molecular weight is 256 g/mol. The Bertz CT molecular complexity index is 325. The van der Waals surface area contributed by atoms with Gasteiger partial charge in [0.15, 0.2) is 5.15 Å². The maximum atomic E-state index is 5.64. The van der Waals surface area contributed by atoms with Crippen molar-refractivity contribution in [2.24, 2.45) is 5.92 Å². The molecule has 17 heavy (non-hydrogen) atoms. The average Bonchev–Trinajstić information content (AvgIpc) is 2.38. The molecule has 1 aliphatic rings. The van der Waals surface area contributed by atoms with Gasteiger partial charge in [0.2, 0.25) is 5.88 Å². The van der Waals surface area contributed by atoms with Crippen molar-refractivity contribution in [2.75, 3.05) is 19.7 Å². The van der Waals surface area contributed by atoms with Gasteiger partial charge in [-0.1, -0.05) is 11.6 Å². The molecule has 1 aromatic rings. The third kappa shape index (κ3) is 4.48. The zero-order valence-corrected chi connectivity index (χ0v) is 10.6. The van der Waals surface area contributed by atoms with Gasteiger partial charge in [-0.25, -0.2) is 0 Å². The summed E-state index contributed by atoms with van der Waals surface area (Å²) in [4.78, 5) is 0. The van der Waals surface area contributed by atoms with Crippen LogP contribution in [-0.2, 0) is 0 Å². The molecule has 0 saturated carbocycles. The Kier molecular flexibility index (Phi) is 5.01. The van der Waals surface area contributed by atoms with Crippen molar-refractivity contribution in [1.82, 2.24) is 15.5 Å². The zero-order chi connectivity index (χ0) is 11.9. The molecule has 1 saturated heterocycles. The van der Waals surface area contributed by atoms with E-state index in [1.807, 2.05) is 0 Å². The molecule has 1 N–H and O–H groups in total. The van der Waals surface area contributed by atoms with Crippen LogP contribution in [0.5, 0.6) is 5.88 Å². The van der Waals surface area contributed by atoms with Gasteiger partial charge in [0, 0.05) is 6.07 Å². The summed E-state index contributed by atoms with van der Waals surface area (Å²) in [7, 11) is 0. The van der Waals surface area contributed by atoms with Gasteiger partial charge in [-0.15, -0.1) is 10.2 Å². The van der Waals surface area contributed by atoms with Gasteiger partial charge >= 0.3 is 0 Å². The number of ether oxygens (including phenoxy) is 1. The molecule has 0 radical (unpaired) electrons. The van der Waals surface area contributed by atoms with Crippen LogP contribution in [0, 0.1) is 5.92 Å². The van der Waals surface area contributed by atoms with E-state index in [4.69, 9.17) is 16.3 Å². The first-order valence-corrected chi connectivity index (χ1v) is 6.55. The van der Waals surface area contributed by atoms with Crippen LogP contribution in [0.25, 0.3) is 0 Å². The summed E-state index contributed by atoms with van der Waals surface area (Å²) >= 11 is 5.64. The van der Waals surface area contributed by atoms with Gasteiger partial charge in [0.1, 0.15) is 0 Å². The number of nitrogens with one attached hydrogen (secondary N) is 1. The summed E-state index contributed by atoms with van der Waals surface area (Å²) in [5.41, 5.74) is 0. The van der Waals surface area contributed by atoms with Crippen LogP contribution in [-0.4, -0.2) is 29.9 Å². The Labute approximate surface area is 107 Å². The maximum absolute atomic E-state index is 5.64. The van der Waals surface area contributed by atoms with Gasteiger partial charge in [0.25, 0.3) is 0 Å². The normalized spacial score (nSPS) is 20.2. The Morgan fingerprint density at radius 2 is 2.35 bits per heavy atom. The van der Waals surface area contributed by atoms with Gasteiger partial charge in [-0.3, -0.25) is 0 Å². The minimum absolute atomic E-state index is 0.394. The fourth-order valence-corrected chi connectivity index (χ4v) is 2.20. The van der Waals surface area contributed by atoms with E-state index in [1.165, 1.54) is 25.8 Å². The first-order chi connectivity index (χ1) is 8.34. The molecular weight excluding hydrogens is 238 g/mol. The van der Waals surface area contributed by atoms with Crippen LogP contribution in [0.4, 0.5) is 0 Å². The first-order valence-electron chi connectivity index (χ1n) is 6.17. The highest BCUT2D eigenvalue weighted by atomic mass is 35.5. The van der Waals surface area contributed by atoms with Gasteiger partial charge < -0.3 is 10.1 Å². The Morgan fingerprint density at radius 1 is 1.41 bits per heavy atom. The molecule has 1 aliphatic heterocycles. The van der Waals surface area contributed by atoms with Crippen molar-refractivity contribution in [3.8, 4) is 5.88 Å². The number of nitrogens with zero attached hydrogens (tertiary/aromatic N) is 2. The monoisotopic (exact) mass is 255 g/mol. The molecule has 1 atom stereocenters. The Balaban J connectivity index is 1.60. The van der Waals surface area contributed by atoms with Crippen LogP contribution >= 0.6 is 11.6 Å². The van der Waals surface area contributed by atoms with Crippen molar-refractivity contribution < 1.29 is 4.74 Å². The number of halogens is 1. The quantitative estimate of drug-likeness (QED) is 0.820. The van der Waals surface area contributed by atoms with Crippen molar-refractivity contribution in [3.05, 3.63) is 17.3 Å². The van der Waals surface area contributed by atoms with Crippen molar-refractivity contribution >= 4 is 11.6 Å². The molecule has 94 valence electrons. The first kappa shape index (κ1) is 12.6. The summed E-state index contributed by atoms with van der Waals surface area (Å²) in [6, 6.07) is 3.44. The lowest BCUT2D eigenvalue weighted by atomic mass is 9.95. The molecule has 0 aromatic carbocycles. The van der Waals surface area contributed by atoms with Crippen LogP contribution in [0.2, 0.25) is 5.15 Å².